The van der Waals surface area contributed by atoms with Crippen LogP contribution in [0.3, 0.4) is 0 Å². The first-order valence-electron chi connectivity index (χ1n) is 5.47. The van der Waals surface area contributed by atoms with Crippen molar-refractivity contribution in [3.8, 4) is 0 Å². The van der Waals surface area contributed by atoms with Crippen molar-refractivity contribution in [3.63, 3.8) is 0 Å². The van der Waals surface area contributed by atoms with Crippen LogP contribution in [0.25, 0.3) is 0 Å². The molecule has 1 atom stereocenters. The largest absolute Gasteiger partial charge is 0.336 e. The van der Waals surface area contributed by atoms with E-state index in [1.807, 2.05) is 22.7 Å². The van der Waals surface area contributed by atoms with Crippen LogP contribution in [0.4, 0.5) is 0 Å². The Bertz CT molecular complexity index is 402. The molecule has 0 N–H and O–H groups in total. The zero-order chi connectivity index (χ0) is 12.4. The van der Waals surface area contributed by atoms with Gasteiger partial charge in [0.2, 0.25) is 0 Å². The highest BCUT2D eigenvalue weighted by Crippen LogP contribution is 2.33. The topological polar surface area (TPSA) is 20.3 Å². The number of hydrogen-bond donors (Lipinski definition) is 0. The molecule has 0 radical (unpaired) electrons. The standard InChI is InChI=1S/C11H13Br2NOS2/c1-2-7-6-14(3-4-16-7)11(15)9-5-8(12)10(13)17-9/h5,7H,2-4,6H2,1H3. The Hall–Kier alpha value is 0.480. The molecule has 1 fully saturated rings. The Morgan fingerprint density at radius 1 is 1.59 bits per heavy atom. The van der Waals surface area contributed by atoms with Crippen molar-refractivity contribution in [2.45, 2.75) is 18.6 Å². The summed E-state index contributed by atoms with van der Waals surface area (Å²) < 4.78 is 1.95. The fraction of sp³-hybridized carbons (Fsp3) is 0.545. The molecule has 2 rings (SSSR count). The summed E-state index contributed by atoms with van der Waals surface area (Å²) >= 11 is 10.3. The van der Waals surface area contributed by atoms with Crippen molar-refractivity contribution in [1.29, 1.82) is 0 Å². The van der Waals surface area contributed by atoms with Crippen molar-refractivity contribution in [2.75, 3.05) is 18.8 Å². The van der Waals surface area contributed by atoms with Crippen LogP contribution in [-0.2, 0) is 0 Å². The average molecular weight is 399 g/mol. The molecule has 0 saturated carbocycles. The summed E-state index contributed by atoms with van der Waals surface area (Å²) in [6.07, 6.45) is 1.13. The summed E-state index contributed by atoms with van der Waals surface area (Å²) in [4.78, 5) is 15.1. The zero-order valence-corrected chi connectivity index (χ0v) is 14.2. The van der Waals surface area contributed by atoms with Crippen LogP contribution in [0.1, 0.15) is 23.0 Å². The fourth-order valence-corrected chi connectivity index (χ4v) is 4.94. The predicted molar refractivity (Wildman–Crippen MR) is 82.2 cm³/mol. The van der Waals surface area contributed by atoms with E-state index in [1.54, 1.807) is 0 Å². The second-order valence-corrected chi connectivity index (χ2v) is 8.52. The average Bonchev–Trinajstić information content (AvgIpc) is 2.69. The molecule has 1 aromatic heterocycles. The maximum absolute atomic E-state index is 12.3. The SMILES string of the molecule is CCC1CN(C(=O)c2cc(Br)c(Br)s2)CCS1. The first kappa shape index (κ1) is 13.9. The molecule has 2 heterocycles. The highest BCUT2D eigenvalue weighted by molar-refractivity contribution is 9.13. The second kappa shape index (κ2) is 6.08. The third-order valence-corrected chi connectivity index (χ3v) is 7.35. The van der Waals surface area contributed by atoms with Crippen LogP contribution in [0, 0.1) is 0 Å². The van der Waals surface area contributed by atoms with Gasteiger partial charge in [0.1, 0.15) is 0 Å². The Kier molecular flexibility index (Phi) is 4.97. The van der Waals surface area contributed by atoms with Crippen LogP contribution in [0.15, 0.2) is 14.3 Å². The molecule has 1 unspecified atom stereocenters. The molecule has 17 heavy (non-hydrogen) atoms. The van der Waals surface area contributed by atoms with Crippen molar-refractivity contribution in [1.82, 2.24) is 4.90 Å². The van der Waals surface area contributed by atoms with Crippen molar-refractivity contribution in [2.24, 2.45) is 0 Å². The summed E-state index contributed by atoms with van der Waals surface area (Å²) in [5.41, 5.74) is 0. The normalized spacial score (nSPS) is 20.6. The zero-order valence-electron chi connectivity index (χ0n) is 9.41. The summed E-state index contributed by atoms with van der Waals surface area (Å²) in [5.74, 6) is 1.22. The summed E-state index contributed by atoms with van der Waals surface area (Å²) in [6, 6.07) is 1.90. The second-order valence-electron chi connectivity index (χ2n) is 3.88. The number of nitrogens with zero attached hydrogens (tertiary/aromatic N) is 1. The van der Waals surface area contributed by atoms with Gasteiger partial charge in [-0.2, -0.15) is 11.8 Å². The van der Waals surface area contributed by atoms with Gasteiger partial charge in [-0.3, -0.25) is 4.79 Å². The molecule has 1 aromatic rings. The Labute approximate surface area is 126 Å². The van der Waals surface area contributed by atoms with E-state index in [4.69, 9.17) is 0 Å². The van der Waals surface area contributed by atoms with Gasteiger partial charge in [0.25, 0.3) is 5.91 Å². The molecule has 0 aliphatic carbocycles. The van der Waals surface area contributed by atoms with Gasteiger partial charge in [-0.15, -0.1) is 11.3 Å². The van der Waals surface area contributed by atoms with Gasteiger partial charge in [-0.1, -0.05) is 6.92 Å². The van der Waals surface area contributed by atoms with Crippen LogP contribution in [0.5, 0.6) is 0 Å². The molecule has 1 amide bonds. The van der Waals surface area contributed by atoms with E-state index in [-0.39, 0.29) is 5.91 Å². The molecule has 0 aromatic carbocycles. The number of carbonyl (C=O) groups is 1. The van der Waals surface area contributed by atoms with Crippen molar-refractivity contribution >= 4 is 60.9 Å². The minimum Gasteiger partial charge on any atom is -0.336 e. The highest BCUT2D eigenvalue weighted by atomic mass is 79.9. The maximum Gasteiger partial charge on any atom is 0.264 e. The van der Waals surface area contributed by atoms with Gasteiger partial charge in [-0.25, -0.2) is 0 Å². The molecule has 1 aliphatic heterocycles. The summed E-state index contributed by atoms with van der Waals surface area (Å²) in [7, 11) is 0. The van der Waals surface area contributed by atoms with E-state index in [2.05, 4.69) is 38.8 Å². The first-order chi connectivity index (χ1) is 8.11. The number of rotatable bonds is 2. The van der Waals surface area contributed by atoms with Gasteiger partial charge in [0.15, 0.2) is 0 Å². The first-order valence-corrected chi connectivity index (χ1v) is 8.92. The van der Waals surface area contributed by atoms with Gasteiger partial charge in [-0.05, 0) is 44.3 Å². The third kappa shape index (κ3) is 3.28. The van der Waals surface area contributed by atoms with E-state index in [9.17, 15) is 4.79 Å². The lowest BCUT2D eigenvalue weighted by Gasteiger charge is -2.31. The fourth-order valence-electron chi connectivity index (χ4n) is 1.76. The summed E-state index contributed by atoms with van der Waals surface area (Å²) in [6.45, 7) is 3.93. The van der Waals surface area contributed by atoms with E-state index in [0.29, 0.717) is 5.25 Å². The van der Waals surface area contributed by atoms with Crippen LogP contribution < -0.4 is 0 Å². The van der Waals surface area contributed by atoms with Gasteiger partial charge >= 0.3 is 0 Å². The van der Waals surface area contributed by atoms with E-state index >= 15 is 0 Å². The minimum absolute atomic E-state index is 0.167. The smallest absolute Gasteiger partial charge is 0.264 e. The number of thiophene rings is 1. The molecule has 0 bridgehead atoms. The molecule has 1 saturated heterocycles. The lowest BCUT2D eigenvalue weighted by atomic mass is 10.3. The summed E-state index contributed by atoms with van der Waals surface area (Å²) in [5, 5.41) is 0.597. The van der Waals surface area contributed by atoms with Crippen molar-refractivity contribution < 1.29 is 4.79 Å². The highest BCUT2D eigenvalue weighted by Gasteiger charge is 2.25. The third-order valence-electron chi connectivity index (χ3n) is 2.74. The molecule has 0 spiro atoms. The van der Waals surface area contributed by atoms with Crippen LogP contribution in [-0.4, -0.2) is 34.9 Å². The lowest BCUT2D eigenvalue weighted by Crippen LogP contribution is -2.41. The van der Waals surface area contributed by atoms with E-state index < -0.39 is 0 Å². The number of hydrogen-bond acceptors (Lipinski definition) is 3. The Morgan fingerprint density at radius 2 is 2.35 bits per heavy atom. The molecule has 94 valence electrons. The Balaban J connectivity index is 2.09. The quantitative estimate of drug-likeness (QED) is 0.742. The lowest BCUT2D eigenvalue weighted by molar-refractivity contribution is 0.0766. The van der Waals surface area contributed by atoms with Gasteiger partial charge in [0, 0.05) is 28.6 Å². The number of thioether (sulfide) groups is 1. The maximum atomic E-state index is 12.3. The molecular weight excluding hydrogens is 386 g/mol. The van der Waals surface area contributed by atoms with E-state index in [0.717, 1.165) is 38.4 Å². The van der Waals surface area contributed by atoms with E-state index in [1.165, 1.54) is 11.3 Å². The van der Waals surface area contributed by atoms with Gasteiger partial charge < -0.3 is 4.90 Å². The number of halogens is 2. The van der Waals surface area contributed by atoms with Crippen LogP contribution in [0.2, 0.25) is 0 Å². The molecule has 1 aliphatic rings. The molecular formula is C11H13Br2NOS2. The van der Waals surface area contributed by atoms with Gasteiger partial charge in [0.05, 0.1) is 8.66 Å². The number of carbonyl (C=O) groups excluding carboxylic acids is 1. The predicted octanol–water partition coefficient (Wildman–Crippen LogP) is 4.24. The van der Waals surface area contributed by atoms with Crippen molar-refractivity contribution in [3.05, 3.63) is 19.2 Å². The molecule has 6 heteroatoms. The minimum atomic E-state index is 0.167. The van der Waals surface area contributed by atoms with Crippen LogP contribution >= 0.6 is 55.0 Å². The molecule has 2 nitrogen and oxygen atoms in total. The Morgan fingerprint density at radius 3 is 2.94 bits per heavy atom. The number of amides is 1. The monoisotopic (exact) mass is 397 g/mol.